The quantitative estimate of drug-likeness (QED) is 0.761. The summed E-state index contributed by atoms with van der Waals surface area (Å²) in [6.45, 7) is 6.07. The molecule has 0 aromatic carbocycles. The fourth-order valence-electron chi connectivity index (χ4n) is 2.66. The number of carbonyl (C=O) groups excluding carboxylic acids is 1. The number of carbonyl (C=O) groups is 1. The number of ether oxygens (including phenoxy) is 1. The van der Waals surface area contributed by atoms with Crippen LogP contribution in [0.25, 0.3) is 0 Å². The standard InChI is InChI=1S/C14H26F3N3O2/c1-4-12-9-20(6-5-19(12)7-8-22-3)11(2)13(21)18-10-14(15,16)17/h11-12H,4-10H2,1-3H3,(H,18,21)/t11-,12+/m1/s1. The third-order valence-corrected chi connectivity index (χ3v) is 4.08. The molecule has 0 aliphatic carbocycles. The molecule has 0 saturated carbocycles. The molecule has 0 bridgehead atoms. The first-order chi connectivity index (χ1) is 10.3. The predicted molar refractivity (Wildman–Crippen MR) is 77.6 cm³/mol. The molecular weight excluding hydrogens is 299 g/mol. The Balaban J connectivity index is 2.50. The highest BCUT2D eigenvalue weighted by Crippen LogP contribution is 2.16. The van der Waals surface area contributed by atoms with Gasteiger partial charge in [-0.1, -0.05) is 6.92 Å². The summed E-state index contributed by atoms with van der Waals surface area (Å²) in [5.74, 6) is -0.572. The van der Waals surface area contributed by atoms with Crippen LogP contribution >= 0.6 is 0 Å². The summed E-state index contributed by atoms with van der Waals surface area (Å²) in [6.07, 6.45) is -3.45. The third kappa shape index (κ3) is 6.10. The molecule has 0 radical (unpaired) electrons. The predicted octanol–water partition coefficient (Wildman–Crippen LogP) is 1.10. The minimum absolute atomic E-state index is 0.293. The van der Waals surface area contributed by atoms with E-state index in [-0.39, 0.29) is 0 Å². The second kappa shape index (κ2) is 8.69. The van der Waals surface area contributed by atoms with E-state index in [9.17, 15) is 18.0 Å². The molecule has 0 aromatic rings. The van der Waals surface area contributed by atoms with E-state index in [2.05, 4.69) is 11.8 Å². The molecule has 130 valence electrons. The summed E-state index contributed by atoms with van der Waals surface area (Å²) in [5, 5.41) is 1.96. The lowest BCUT2D eigenvalue weighted by atomic mass is 10.1. The molecule has 1 fully saturated rings. The van der Waals surface area contributed by atoms with E-state index in [1.807, 2.05) is 10.2 Å². The van der Waals surface area contributed by atoms with E-state index in [0.29, 0.717) is 25.7 Å². The van der Waals surface area contributed by atoms with Crippen LogP contribution in [-0.2, 0) is 9.53 Å². The fraction of sp³-hybridized carbons (Fsp3) is 0.929. The molecule has 1 saturated heterocycles. The zero-order valence-electron chi connectivity index (χ0n) is 13.4. The number of piperazine rings is 1. The van der Waals surface area contributed by atoms with Gasteiger partial charge in [0.15, 0.2) is 0 Å². The lowest BCUT2D eigenvalue weighted by molar-refractivity contribution is -0.142. The van der Waals surface area contributed by atoms with Crippen molar-refractivity contribution in [3.63, 3.8) is 0 Å². The Labute approximate surface area is 129 Å². The Hall–Kier alpha value is -0.860. The average Bonchev–Trinajstić information content (AvgIpc) is 2.48. The van der Waals surface area contributed by atoms with Crippen LogP contribution in [0.3, 0.4) is 0 Å². The Morgan fingerprint density at radius 1 is 1.41 bits per heavy atom. The molecule has 1 heterocycles. The van der Waals surface area contributed by atoms with Gasteiger partial charge in [0.25, 0.3) is 0 Å². The number of nitrogens with one attached hydrogen (secondary N) is 1. The highest BCUT2D eigenvalue weighted by atomic mass is 19.4. The van der Waals surface area contributed by atoms with Crippen LogP contribution in [-0.4, -0.2) is 80.4 Å². The number of alkyl halides is 3. The van der Waals surface area contributed by atoms with Crippen LogP contribution in [0.2, 0.25) is 0 Å². The second-order valence-electron chi connectivity index (χ2n) is 5.59. The van der Waals surface area contributed by atoms with Gasteiger partial charge in [0.2, 0.25) is 5.91 Å². The molecule has 1 N–H and O–H groups in total. The molecule has 8 heteroatoms. The molecule has 2 atom stereocenters. The SMILES string of the molecule is CC[C@H]1CN([C@H](C)C(=O)NCC(F)(F)F)CCN1CCOC. The maximum atomic E-state index is 12.2. The molecule has 1 rings (SSSR count). The molecule has 5 nitrogen and oxygen atoms in total. The topological polar surface area (TPSA) is 44.8 Å². The summed E-state index contributed by atoms with van der Waals surface area (Å²) >= 11 is 0. The minimum atomic E-state index is -4.37. The van der Waals surface area contributed by atoms with Gasteiger partial charge in [-0.2, -0.15) is 13.2 Å². The first kappa shape index (κ1) is 19.2. The molecule has 1 aliphatic rings. The number of rotatable bonds is 7. The zero-order valence-corrected chi connectivity index (χ0v) is 13.4. The van der Waals surface area contributed by atoms with E-state index < -0.39 is 24.7 Å². The third-order valence-electron chi connectivity index (χ3n) is 4.08. The Bertz CT molecular complexity index is 353. The smallest absolute Gasteiger partial charge is 0.383 e. The highest BCUT2D eigenvalue weighted by Gasteiger charge is 2.33. The average molecular weight is 325 g/mol. The molecule has 1 amide bonds. The minimum Gasteiger partial charge on any atom is -0.383 e. The summed E-state index contributed by atoms with van der Waals surface area (Å²) < 4.78 is 41.6. The summed E-state index contributed by atoms with van der Waals surface area (Å²) in [7, 11) is 1.66. The van der Waals surface area contributed by atoms with Crippen LogP contribution in [0.4, 0.5) is 13.2 Å². The van der Waals surface area contributed by atoms with Gasteiger partial charge in [-0.05, 0) is 13.3 Å². The number of amides is 1. The van der Waals surface area contributed by atoms with Gasteiger partial charge in [0.1, 0.15) is 6.54 Å². The van der Waals surface area contributed by atoms with Crippen molar-refractivity contribution in [1.29, 1.82) is 0 Å². The monoisotopic (exact) mass is 325 g/mol. The van der Waals surface area contributed by atoms with E-state index in [1.165, 1.54) is 0 Å². The van der Waals surface area contributed by atoms with Crippen LogP contribution in [0.5, 0.6) is 0 Å². The molecule has 0 aromatic heterocycles. The lowest BCUT2D eigenvalue weighted by Gasteiger charge is -2.43. The molecular formula is C14H26F3N3O2. The summed E-state index contributed by atoms with van der Waals surface area (Å²) in [4.78, 5) is 16.1. The molecule has 1 aliphatic heterocycles. The van der Waals surface area contributed by atoms with E-state index in [4.69, 9.17) is 4.74 Å². The summed E-state index contributed by atoms with van der Waals surface area (Å²) in [6, 6.07) is -0.261. The van der Waals surface area contributed by atoms with Crippen molar-refractivity contribution in [1.82, 2.24) is 15.1 Å². The van der Waals surface area contributed by atoms with Gasteiger partial charge in [-0.3, -0.25) is 14.6 Å². The number of hydrogen-bond acceptors (Lipinski definition) is 4. The van der Waals surface area contributed by atoms with Crippen LogP contribution in [0, 0.1) is 0 Å². The van der Waals surface area contributed by atoms with Crippen LogP contribution in [0.1, 0.15) is 20.3 Å². The second-order valence-corrected chi connectivity index (χ2v) is 5.59. The Morgan fingerprint density at radius 2 is 2.09 bits per heavy atom. The highest BCUT2D eigenvalue weighted by molar-refractivity contribution is 5.81. The number of hydrogen-bond donors (Lipinski definition) is 1. The largest absolute Gasteiger partial charge is 0.405 e. The van der Waals surface area contributed by atoms with E-state index in [0.717, 1.165) is 19.5 Å². The van der Waals surface area contributed by atoms with Gasteiger partial charge in [0, 0.05) is 39.3 Å². The van der Waals surface area contributed by atoms with Gasteiger partial charge in [-0.25, -0.2) is 0 Å². The van der Waals surface area contributed by atoms with Crippen molar-refractivity contribution < 1.29 is 22.7 Å². The van der Waals surface area contributed by atoms with Gasteiger partial charge in [-0.15, -0.1) is 0 Å². The van der Waals surface area contributed by atoms with E-state index >= 15 is 0 Å². The number of halogens is 3. The first-order valence-corrected chi connectivity index (χ1v) is 7.60. The van der Waals surface area contributed by atoms with Gasteiger partial charge in [0.05, 0.1) is 12.6 Å². The zero-order chi connectivity index (χ0) is 16.8. The normalized spacial score (nSPS) is 22.5. The van der Waals surface area contributed by atoms with Crippen molar-refractivity contribution >= 4 is 5.91 Å². The van der Waals surface area contributed by atoms with Crippen molar-refractivity contribution in [2.45, 2.75) is 38.5 Å². The van der Waals surface area contributed by atoms with Crippen molar-refractivity contribution in [3.05, 3.63) is 0 Å². The van der Waals surface area contributed by atoms with Crippen molar-refractivity contribution in [2.24, 2.45) is 0 Å². The van der Waals surface area contributed by atoms with Crippen LogP contribution < -0.4 is 5.32 Å². The van der Waals surface area contributed by atoms with Crippen molar-refractivity contribution in [2.75, 3.05) is 46.4 Å². The van der Waals surface area contributed by atoms with Gasteiger partial charge >= 0.3 is 6.18 Å². The first-order valence-electron chi connectivity index (χ1n) is 7.60. The Morgan fingerprint density at radius 3 is 2.64 bits per heavy atom. The Kier molecular flexibility index (Phi) is 7.58. The van der Waals surface area contributed by atoms with Gasteiger partial charge < -0.3 is 10.1 Å². The van der Waals surface area contributed by atoms with E-state index in [1.54, 1.807) is 14.0 Å². The maximum absolute atomic E-state index is 12.2. The van der Waals surface area contributed by atoms with Crippen LogP contribution in [0.15, 0.2) is 0 Å². The van der Waals surface area contributed by atoms with Crippen molar-refractivity contribution in [3.8, 4) is 0 Å². The fourth-order valence-corrected chi connectivity index (χ4v) is 2.66. The number of methoxy groups -OCH3 is 1. The lowest BCUT2D eigenvalue weighted by Crippen LogP contribution is -2.58. The molecule has 0 unspecified atom stereocenters. The number of nitrogens with zero attached hydrogens (tertiary/aromatic N) is 2. The molecule has 0 spiro atoms. The summed E-state index contributed by atoms with van der Waals surface area (Å²) in [5.41, 5.74) is 0. The maximum Gasteiger partial charge on any atom is 0.405 e. The molecule has 22 heavy (non-hydrogen) atoms.